The largest absolute Gasteiger partial charge is 0.416 e. The fraction of sp³-hybridized carbons (Fsp3) is 0.385. The SMILES string of the molecule is CC(C)(C)C(=O)ON1CC(c2ccc(C(F)(F)F)cc2)CC(c2cn(-c3cccc(F)c3)cn2)C1. The van der Waals surface area contributed by atoms with E-state index < -0.39 is 23.1 Å². The van der Waals surface area contributed by atoms with Gasteiger partial charge in [0, 0.05) is 36.8 Å². The quantitative estimate of drug-likeness (QED) is 0.415. The first-order chi connectivity index (χ1) is 16.4. The maximum atomic E-state index is 13.7. The van der Waals surface area contributed by atoms with Crippen LogP contribution in [0.2, 0.25) is 0 Å². The van der Waals surface area contributed by atoms with Gasteiger partial charge in [-0.3, -0.25) is 0 Å². The summed E-state index contributed by atoms with van der Waals surface area (Å²) in [5.74, 6) is -1.09. The molecule has 1 fully saturated rings. The maximum absolute atomic E-state index is 13.7. The number of hydrogen-bond donors (Lipinski definition) is 0. The zero-order chi connectivity index (χ0) is 25.4. The van der Waals surface area contributed by atoms with Crippen molar-refractivity contribution in [1.82, 2.24) is 14.6 Å². The highest BCUT2D eigenvalue weighted by Crippen LogP contribution is 2.37. The van der Waals surface area contributed by atoms with Crippen molar-refractivity contribution in [2.24, 2.45) is 5.41 Å². The number of benzene rings is 2. The molecule has 186 valence electrons. The molecular formula is C26H27F4N3O2. The molecule has 0 amide bonds. The van der Waals surface area contributed by atoms with E-state index in [2.05, 4.69) is 4.98 Å². The first-order valence-electron chi connectivity index (χ1n) is 11.3. The van der Waals surface area contributed by atoms with E-state index in [1.807, 2.05) is 0 Å². The number of carbonyl (C=O) groups excluding carboxylic acids is 1. The van der Waals surface area contributed by atoms with Gasteiger partial charge in [0.25, 0.3) is 0 Å². The zero-order valence-electron chi connectivity index (χ0n) is 19.7. The Kier molecular flexibility index (Phi) is 6.73. The first-order valence-corrected chi connectivity index (χ1v) is 11.3. The normalized spacial score (nSPS) is 19.5. The van der Waals surface area contributed by atoms with Gasteiger partial charge in [0.1, 0.15) is 5.82 Å². The van der Waals surface area contributed by atoms with Crippen LogP contribution in [0.25, 0.3) is 5.69 Å². The van der Waals surface area contributed by atoms with Crippen LogP contribution in [0.4, 0.5) is 17.6 Å². The summed E-state index contributed by atoms with van der Waals surface area (Å²) in [7, 11) is 0. The summed E-state index contributed by atoms with van der Waals surface area (Å²) >= 11 is 0. The third kappa shape index (κ3) is 5.90. The highest BCUT2D eigenvalue weighted by molar-refractivity contribution is 5.75. The summed E-state index contributed by atoms with van der Waals surface area (Å²) in [6.45, 7) is 6.01. The van der Waals surface area contributed by atoms with E-state index >= 15 is 0 Å². The van der Waals surface area contributed by atoms with Gasteiger partial charge in [-0.2, -0.15) is 13.2 Å². The molecule has 0 bridgehead atoms. The van der Waals surface area contributed by atoms with Crippen molar-refractivity contribution in [3.05, 3.63) is 83.7 Å². The van der Waals surface area contributed by atoms with Crippen molar-refractivity contribution >= 4 is 5.97 Å². The Morgan fingerprint density at radius 1 is 1.03 bits per heavy atom. The lowest BCUT2D eigenvalue weighted by Crippen LogP contribution is -2.42. The molecule has 0 N–H and O–H groups in total. The monoisotopic (exact) mass is 489 g/mol. The molecular weight excluding hydrogens is 462 g/mol. The maximum Gasteiger partial charge on any atom is 0.416 e. The van der Waals surface area contributed by atoms with Crippen molar-refractivity contribution in [2.45, 2.75) is 45.2 Å². The van der Waals surface area contributed by atoms with Crippen LogP contribution in [0.1, 0.15) is 55.8 Å². The lowest BCUT2D eigenvalue weighted by molar-refractivity contribution is -0.206. The number of rotatable bonds is 4. The van der Waals surface area contributed by atoms with Gasteiger partial charge >= 0.3 is 12.1 Å². The molecule has 9 heteroatoms. The molecule has 35 heavy (non-hydrogen) atoms. The van der Waals surface area contributed by atoms with Gasteiger partial charge < -0.3 is 9.40 Å². The van der Waals surface area contributed by atoms with Crippen LogP contribution in [0.3, 0.4) is 0 Å². The van der Waals surface area contributed by atoms with Crippen molar-refractivity contribution in [3.8, 4) is 5.69 Å². The van der Waals surface area contributed by atoms with Crippen molar-refractivity contribution in [3.63, 3.8) is 0 Å². The summed E-state index contributed by atoms with van der Waals surface area (Å²) in [5, 5.41) is 1.57. The molecule has 2 aromatic carbocycles. The third-order valence-electron chi connectivity index (χ3n) is 6.08. The van der Waals surface area contributed by atoms with E-state index in [1.54, 1.807) is 55.1 Å². The van der Waals surface area contributed by atoms with Gasteiger partial charge in [0.05, 0.1) is 23.0 Å². The van der Waals surface area contributed by atoms with Crippen LogP contribution in [-0.2, 0) is 15.8 Å². The number of hydroxylamine groups is 2. The number of hydrogen-bond acceptors (Lipinski definition) is 4. The highest BCUT2D eigenvalue weighted by Gasteiger charge is 2.35. The number of halogens is 4. The number of aromatic nitrogens is 2. The lowest BCUT2D eigenvalue weighted by atomic mass is 9.83. The molecule has 1 aliphatic heterocycles. The Labute approximate surface area is 201 Å². The fourth-order valence-electron chi connectivity index (χ4n) is 4.11. The molecule has 2 atom stereocenters. The number of imidazole rings is 1. The Hall–Kier alpha value is -3.20. The molecule has 1 aromatic heterocycles. The van der Waals surface area contributed by atoms with Crippen LogP contribution in [0.15, 0.2) is 61.1 Å². The predicted octanol–water partition coefficient (Wildman–Crippen LogP) is 6.11. The second-order valence-corrected chi connectivity index (χ2v) is 9.91. The standard InChI is InChI=1S/C26H27F4N3O2/c1-25(2,3)24(34)35-33-13-18(17-7-9-20(10-8-17)26(28,29)30)11-19(14-33)23-15-32(16-31-23)22-6-4-5-21(27)12-22/h4-10,12,15-16,18-19H,11,13-14H2,1-3H3. The van der Waals surface area contributed by atoms with E-state index in [0.29, 0.717) is 25.2 Å². The van der Waals surface area contributed by atoms with Crippen LogP contribution in [0.5, 0.6) is 0 Å². The average molecular weight is 490 g/mol. The second kappa shape index (κ2) is 9.45. The van der Waals surface area contributed by atoms with E-state index in [0.717, 1.165) is 23.4 Å². The smallest absolute Gasteiger partial charge is 0.367 e. The molecule has 2 unspecified atom stereocenters. The van der Waals surface area contributed by atoms with E-state index in [9.17, 15) is 22.4 Å². The Balaban J connectivity index is 1.60. The van der Waals surface area contributed by atoms with Crippen LogP contribution >= 0.6 is 0 Å². The number of carbonyl (C=O) groups is 1. The molecule has 0 spiro atoms. The van der Waals surface area contributed by atoms with Gasteiger partial charge in [-0.05, 0) is 63.1 Å². The minimum Gasteiger partial charge on any atom is -0.367 e. The molecule has 4 rings (SSSR count). The molecule has 1 saturated heterocycles. The van der Waals surface area contributed by atoms with E-state index in [-0.39, 0.29) is 17.7 Å². The molecule has 0 aliphatic carbocycles. The molecule has 0 saturated carbocycles. The Morgan fingerprint density at radius 3 is 2.34 bits per heavy atom. The van der Waals surface area contributed by atoms with Gasteiger partial charge in [0.15, 0.2) is 0 Å². The molecule has 5 nitrogen and oxygen atoms in total. The average Bonchev–Trinajstić information content (AvgIpc) is 3.28. The molecule has 0 radical (unpaired) electrons. The minimum absolute atomic E-state index is 0.154. The summed E-state index contributed by atoms with van der Waals surface area (Å²) in [6.07, 6.45) is -0.406. The molecule has 3 aromatic rings. The topological polar surface area (TPSA) is 47.4 Å². The number of piperidine rings is 1. The van der Waals surface area contributed by atoms with Crippen molar-refractivity contribution in [2.75, 3.05) is 13.1 Å². The number of alkyl halides is 3. The first kappa shape index (κ1) is 24.9. The molecule has 1 aliphatic rings. The Morgan fingerprint density at radius 2 is 1.71 bits per heavy atom. The second-order valence-electron chi connectivity index (χ2n) is 9.91. The van der Waals surface area contributed by atoms with Crippen molar-refractivity contribution in [1.29, 1.82) is 0 Å². The van der Waals surface area contributed by atoms with Gasteiger partial charge in [0.2, 0.25) is 0 Å². The highest BCUT2D eigenvalue weighted by atomic mass is 19.4. The fourth-order valence-corrected chi connectivity index (χ4v) is 4.11. The summed E-state index contributed by atoms with van der Waals surface area (Å²) in [4.78, 5) is 22.7. The minimum atomic E-state index is -4.41. The van der Waals surface area contributed by atoms with Gasteiger partial charge in [-0.25, -0.2) is 14.2 Å². The van der Waals surface area contributed by atoms with Gasteiger partial charge in [-0.15, -0.1) is 5.06 Å². The summed E-state index contributed by atoms with van der Waals surface area (Å²) in [5.41, 5.74) is 0.649. The third-order valence-corrected chi connectivity index (χ3v) is 6.08. The number of nitrogens with zero attached hydrogens (tertiary/aromatic N) is 3. The van der Waals surface area contributed by atoms with E-state index in [1.165, 1.54) is 24.3 Å². The van der Waals surface area contributed by atoms with Crippen LogP contribution in [-0.4, -0.2) is 33.7 Å². The van der Waals surface area contributed by atoms with E-state index in [4.69, 9.17) is 4.84 Å². The van der Waals surface area contributed by atoms with Crippen molar-refractivity contribution < 1.29 is 27.2 Å². The van der Waals surface area contributed by atoms with Crippen LogP contribution in [0, 0.1) is 11.2 Å². The van der Waals surface area contributed by atoms with Crippen LogP contribution < -0.4 is 0 Å². The Bertz CT molecular complexity index is 1180. The lowest BCUT2D eigenvalue weighted by Gasteiger charge is -2.37. The zero-order valence-corrected chi connectivity index (χ0v) is 19.7. The summed E-state index contributed by atoms with van der Waals surface area (Å²) in [6, 6.07) is 11.2. The summed E-state index contributed by atoms with van der Waals surface area (Å²) < 4.78 is 54.5. The predicted molar refractivity (Wildman–Crippen MR) is 122 cm³/mol. The van der Waals surface area contributed by atoms with Gasteiger partial charge in [-0.1, -0.05) is 18.2 Å². The molecule has 2 heterocycles.